The van der Waals surface area contributed by atoms with Gasteiger partial charge in [-0.2, -0.15) is 0 Å². The molecular formula is C39H40Cl2N2O2P2Ru. The zero-order valence-corrected chi connectivity index (χ0v) is 32.8. The SMILES string of the molecule is COc1ccc(C([NH-])(c2ccc(OC)cc2)C([NH-])C(C)C)cc1.Pc1ccc2ccccc2c1-c1c(P)ccc2ccccc12.[Cl][Ru+2][Cl]. The Bertz CT molecular complexity index is 1810. The van der Waals surface area contributed by atoms with Crippen molar-refractivity contribution in [2.45, 2.75) is 25.4 Å². The van der Waals surface area contributed by atoms with Crippen LogP contribution in [0.15, 0.2) is 121 Å². The third-order valence-corrected chi connectivity index (χ3v) is 9.36. The molecule has 3 atom stereocenters. The zero-order valence-electron chi connectivity index (χ0n) is 27.3. The monoisotopic (exact) mass is 802 g/mol. The number of fused-ring (bicyclic) bond motifs is 2. The van der Waals surface area contributed by atoms with Gasteiger partial charge in [0.1, 0.15) is 11.5 Å². The number of nitrogens with one attached hydrogen (secondary N) is 2. The Balaban J connectivity index is 0.000000201. The average Bonchev–Trinajstić information content (AvgIpc) is 3.12. The van der Waals surface area contributed by atoms with Crippen LogP contribution in [0.3, 0.4) is 0 Å². The van der Waals surface area contributed by atoms with E-state index >= 15 is 0 Å². The second-order valence-corrected chi connectivity index (χ2v) is 15.4. The van der Waals surface area contributed by atoms with Gasteiger partial charge >= 0.3 is 34.5 Å². The van der Waals surface area contributed by atoms with Crippen LogP contribution < -0.4 is 20.1 Å². The Morgan fingerprint density at radius 3 is 1.29 bits per heavy atom. The number of hydrogen-bond acceptors (Lipinski definition) is 2. The molecule has 0 saturated heterocycles. The minimum absolute atomic E-state index is 0.0525. The van der Waals surface area contributed by atoms with Gasteiger partial charge in [-0.3, -0.25) is 0 Å². The molecule has 0 aliphatic carbocycles. The summed E-state index contributed by atoms with van der Waals surface area (Å²) >= 11 is -0.346. The standard InChI is InChI=1S/C20H16P2.C19H24N2O2.2ClH.Ru/c21-17-11-9-13-5-1-3-7-15(13)19(17)20-16-8-4-2-6-14(16)10-12-18(20)22;1-13(2)18(20)19(21,14-5-9-16(22-3)10-6-14)15-7-11-17(23-4)12-8-15;;;/h1-12H,21-22H2;5-13,18,20-21H,1-4H3;2*1H;/q;-2;;;+4/p-2. The molecular weight excluding hydrogens is 762 g/mol. The molecule has 0 spiro atoms. The van der Waals surface area contributed by atoms with E-state index in [4.69, 9.17) is 40.3 Å². The summed E-state index contributed by atoms with van der Waals surface area (Å²) in [5.74, 6) is 1.55. The fraction of sp³-hybridized carbons (Fsp3) is 0.179. The fourth-order valence-electron chi connectivity index (χ4n) is 5.87. The molecule has 9 heteroatoms. The first-order valence-corrected chi connectivity index (χ1v) is 20.9. The van der Waals surface area contributed by atoms with Gasteiger partial charge in [0.25, 0.3) is 0 Å². The molecule has 2 N–H and O–H groups in total. The van der Waals surface area contributed by atoms with E-state index in [0.717, 1.165) is 22.6 Å². The minimum atomic E-state index is -1.15. The average molecular weight is 803 g/mol. The van der Waals surface area contributed by atoms with Crippen LogP contribution in [-0.4, -0.2) is 20.3 Å². The van der Waals surface area contributed by atoms with Crippen LogP contribution in [-0.2, 0) is 20.7 Å². The molecule has 250 valence electrons. The van der Waals surface area contributed by atoms with Crippen LogP contribution in [0, 0.1) is 5.92 Å². The predicted molar refractivity (Wildman–Crippen MR) is 211 cm³/mol. The number of hydrogen-bond donors (Lipinski definition) is 0. The van der Waals surface area contributed by atoms with E-state index in [0.29, 0.717) is 0 Å². The molecule has 6 aromatic rings. The van der Waals surface area contributed by atoms with Crippen LogP contribution in [0.1, 0.15) is 25.0 Å². The number of benzene rings is 6. The van der Waals surface area contributed by atoms with Crippen molar-refractivity contribution in [3.8, 4) is 22.6 Å². The van der Waals surface area contributed by atoms with Gasteiger partial charge in [-0.05, 0) is 67.5 Å². The molecule has 0 aliphatic heterocycles. The molecule has 6 rings (SSSR count). The van der Waals surface area contributed by atoms with Crippen LogP contribution >= 0.6 is 37.9 Å². The van der Waals surface area contributed by atoms with E-state index < -0.39 is 11.6 Å². The summed E-state index contributed by atoms with van der Waals surface area (Å²) in [6.45, 7) is 3.96. The molecule has 0 fully saturated rings. The number of rotatable bonds is 7. The third-order valence-electron chi connectivity index (χ3n) is 8.40. The Hall–Kier alpha value is -2.58. The molecule has 0 heterocycles. The fourth-order valence-corrected chi connectivity index (χ4v) is 6.66. The van der Waals surface area contributed by atoms with Crippen molar-refractivity contribution in [3.05, 3.63) is 144 Å². The first-order valence-electron chi connectivity index (χ1n) is 15.3. The summed E-state index contributed by atoms with van der Waals surface area (Å²) in [7, 11) is 18.7. The molecule has 48 heavy (non-hydrogen) atoms. The molecule has 0 aliphatic rings. The molecule has 4 nitrogen and oxygen atoms in total. The normalized spacial score (nSPS) is 11.7. The topological polar surface area (TPSA) is 66.1 Å². The van der Waals surface area contributed by atoms with Crippen molar-refractivity contribution in [1.82, 2.24) is 0 Å². The van der Waals surface area contributed by atoms with Crippen molar-refractivity contribution >= 4 is 70.0 Å². The summed E-state index contributed by atoms with van der Waals surface area (Å²) < 4.78 is 10.4. The molecule has 0 aromatic heterocycles. The van der Waals surface area contributed by atoms with Crippen molar-refractivity contribution in [1.29, 1.82) is 0 Å². The quantitative estimate of drug-likeness (QED) is 0.119. The van der Waals surface area contributed by atoms with Gasteiger partial charge in [0.15, 0.2) is 0 Å². The summed E-state index contributed by atoms with van der Waals surface area (Å²) in [5.41, 5.74) is 20.8. The second kappa shape index (κ2) is 17.9. The Morgan fingerprint density at radius 2 is 0.958 bits per heavy atom. The first-order chi connectivity index (χ1) is 23.1. The van der Waals surface area contributed by atoms with Crippen molar-refractivity contribution in [3.63, 3.8) is 0 Å². The predicted octanol–water partition coefficient (Wildman–Crippen LogP) is 11.1. The zero-order chi connectivity index (χ0) is 34.8. The van der Waals surface area contributed by atoms with Crippen LogP contribution in [0.2, 0.25) is 0 Å². The van der Waals surface area contributed by atoms with Crippen molar-refractivity contribution in [2.24, 2.45) is 5.92 Å². The van der Waals surface area contributed by atoms with Crippen LogP contribution in [0.5, 0.6) is 11.5 Å². The first kappa shape index (κ1) is 38.2. The van der Waals surface area contributed by atoms with E-state index in [1.807, 2.05) is 62.4 Å². The summed E-state index contributed by atoms with van der Waals surface area (Å²) in [5, 5.41) is 7.63. The molecule has 3 unspecified atom stereocenters. The Labute approximate surface area is 305 Å². The van der Waals surface area contributed by atoms with Crippen molar-refractivity contribution < 1.29 is 24.6 Å². The van der Waals surface area contributed by atoms with E-state index in [9.17, 15) is 0 Å². The van der Waals surface area contributed by atoms with Gasteiger partial charge in [0, 0.05) is 0 Å². The van der Waals surface area contributed by atoms with E-state index in [1.165, 1.54) is 43.3 Å². The molecule has 0 saturated carbocycles. The molecule has 6 aromatic carbocycles. The number of ether oxygens (including phenoxy) is 2. The Morgan fingerprint density at radius 1 is 0.604 bits per heavy atom. The van der Waals surface area contributed by atoms with Gasteiger partial charge in [-0.15, -0.1) is 24.5 Å². The van der Waals surface area contributed by atoms with Gasteiger partial charge in [-0.1, -0.05) is 133 Å². The Kier molecular flexibility index (Phi) is 14.2. The second-order valence-electron chi connectivity index (χ2n) is 11.5. The van der Waals surface area contributed by atoms with E-state index in [-0.39, 0.29) is 21.1 Å². The van der Waals surface area contributed by atoms with E-state index in [1.54, 1.807) is 14.2 Å². The number of methoxy groups -OCH3 is 2. The summed E-state index contributed by atoms with van der Waals surface area (Å²) in [6.07, 6.45) is 0. The van der Waals surface area contributed by atoms with Crippen molar-refractivity contribution in [2.75, 3.05) is 14.2 Å². The van der Waals surface area contributed by atoms with Crippen LogP contribution in [0.4, 0.5) is 0 Å². The van der Waals surface area contributed by atoms with Gasteiger partial charge < -0.3 is 20.9 Å². The number of halogens is 2. The molecule has 0 amide bonds. The maximum absolute atomic E-state index is 9.12. The summed E-state index contributed by atoms with van der Waals surface area (Å²) in [6, 6.07) is 40.2. The van der Waals surface area contributed by atoms with Gasteiger partial charge in [0.05, 0.1) is 14.2 Å². The molecule has 0 bridgehead atoms. The third kappa shape index (κ3) is 8.58. The van der Waals surface area contributed by atoms with Crippen LogP contribution in [0.25, 0.3) is 44.1 Å². The van der Waals surface area contributed by atoms with Gasteiger partial charge in [0.2, 0.25) is 0 Å². The molecule has 0 radical (unpaired) electrons. The van der Waals surface area contributed by atoms with E-state index in [2.05, 4.69) is 91.3 Å². The maximum atomic E-state index is 9.12. The van der Waals surface area contributed by atoms with Gasteiger partial charge in [-0.25, -0.2) is 0 Å². The summed E-state index contributed by atoms with van der Waals surface area (Å²) in [4.78, 5) is 0.